The number of benzene rings is 3. The van der Waals surface area contributed by atoms with E-state index in [1.54, 1.807) is 24.3 Å². The molecule has 9 heteroatoms. The van der Waals surface area contributed by atoms with Gasteiger partial charge in [-0.15, -0.1) is 0 Å². The first-order valence-electron chi connectivity index (χ1n) is 8.80. The van der Waals surface area contributed by atoms with Gasteiger partial charge < -0.3 is 10.1 Å². The van der Waals surface area contributed by atoms with Crippen molar-refractivity contribution in [3.05, 3.63) is 83.9 Å². The maximum absolute atomic E-state index is 13.5. The molecule has 6 nitrogen and oxygen atoms in total. The lowest BCUT2D eigenvalue weighted by atomic mass is 10.2. The van der Waals surface area contributed by atoms with Gasteiger partial charge in [0.15, 0.2) is 6.61 Å². The number of carbonyl (C=O) groups is 1. The van der Waals surface area contributed by atoms with Crippen molar-refractivity contribution < 1.29 is 26.7 Å². The number of nitrogens with one attached hydrogen (secondary N) is 2. The minimum Gasteiger partial charge on any atom is -0.484 e. The van der Waals surface area contributed by atoms with Crippen LogP contribution in [0.3, 0.4) is 0 Å². The average Bonchev–Trinajstić information content (AvgIpc) is 2.70. The molecule has 0 radical (unpaired) electrons. The molecule has 3 aromatic carbocycles. The number of anilines is 2. The molecule has 0 atom stereocenters. The van der Waals surface area contributed by atoms with Gasteiger partial charge in [-0.1, -0.05) is 17.7 Å². The highest BCUT2D eigenvalue weighted by Gasteiger charge is 2.15. The molecule has 0 unspecified atom stereocenters. The number of halogens is 2. The van der Waals surface area contributed by atoms with Crippen molar-refractivity contribution in [3.63, 3.8) is 0 Å². The summed E-state index contributed by atoms with van der Waals surface area (Å²) >= 11 is 0. The Balaban J connectivity index is 1.58. The van der Waals surface area contributed by atoms with Crippen LogP contribution in [0.5, 0.6) is 5.75 Å². The van der Waals surface area contributed by atoms with Crippen molar-refractivity contribution >= 4 is 27.3 Å². The molecular weight excluding hydrogens is 414 g/mol. The second-order valence-corrected chi connectivity index (χ2v) is 8.09. The van der Waals surface area contributed by atoms with Gasteiger partial charge >= 0.3 is 0 Å². The summed E-state index contributed by atoms with van der Waals surface area (Å²) in [5.74, 6) is -2.06. The van der Waals surface area contributed by atoms with Gasteiger partial charge in [-0.25, -0.2) is 17.2 Å². The lowest BCUT2D eigenvalue weighted by molar-refractivity contribution is -0.118. The number of ether oxygens (including phenoxy) is 1. The molecule has 0 saturated carbocycles. The second kappa shape index (κ2) is 8.91. The zero-order valence-electron chi connectivity index (χ0n) is 15.9. The summed E-state index contributed by atoms with van der Waals surface area (Å²) in [6.07, 6.45) is 0. The standard InChI is InChI=1S/C21H18F2N2O4S/c1-14-2-5-16(6-3-14)25-30(27,28)18-9-7-17(8-10-18)29-13-21(26)24-20-11-4-15(22)12-19(20)23/h2-12,25H,13H2,1H3,(H,24,26). The van der Waals surface area contributed by atoms with E-state index in [9.17, 15) is 22.0 Å². The maximum Gasteiger partial charge on any atom is 0.262 e. The fourth-order valence-corrected chi connectivity index (χ4v) is 3.54. The molecule has 0 aromatic heterocycles. The van der Waals surface area contributed by atoms with E-state index in [4.69, 9.17) is 4.74 Å². The average molecular weight is 432 g/mol. The van der Waals surface area contributed by atoms with Gasteiger partial charge in [-0.2, -0.15) is 0 Å². The van der Waals surface area contributed by atoms with E-state index >= 15 is 0 Å². The van der Waals surface area contributed by atoms with Gasteiger partial charge in [-0.05, 0) is 55.5 Å². The van der Waals surface area contributed by atoms with Crippen molar-refractivity contribution in [2.45, 2.75) is 11.8 Å². The van der Waals surface area contributed by atoms with E-state index in [0.29, 0.717) is 11.8 Å². The number of hydrogen-bond acceptors (Lipinski definition) is 4. The van der Waals surface area contributed by atoms with Crippen LogP contribution in [0.4, 0.5) is 20.2 Å². The summed E-state index contributed by atoms with van der Waals surface area (Å²) in [5.41, 5.74) is 1.27. The largest absolute Gasteiger partial charge is 0.484 e. The van der Waals surface area contributed by atoms with Crippen LogP contribution in [0.1, 0.15) is 5.56 Å². The predicted molar refractivity (Wildman–Crippen MR) is 109 cm³/mol. The normalized spacial score (nSPS) is 11.0. The van der Waals surface area contributed by atoms with Crippen molar-refractivity contribution in [1.82, 2.24) is 0 Å². The van der Waals surface area contributed by atoms with E-state index in [1.165, 1.54) is 24.3 Å². The molecule has 0 aliphatic carbocycles. The van der Waals surface area contributed by atoms with Crippen LogP contribution in [0.15, 0.2) is 71.6 Å². The van der Waals surface area contributed by atoms with Gasteiger partial charge in [0.1, 0.15) is 17.4 Å². The Bertz CT molecular complexity index is 1150. The molecule has 2 N–H and O–H groups in total. The minimum absolute atomic E-state index is 0.0215. The highest BCUT2D eigenvalue weighted by atomic mass is 32.2. The van der Waals surface area contributed by atoms with Crippen molar-refractivity contribution in [2.24, 2.45) is 0 Å². The molecule has 3 rings (SSSR count). The van der Waals surface area contributed by atoms with Gasteiger partial charge in [0, 0.05) is 11.8 Å². The molecule has 0 aliphatic heterocycles. The van der Waals surface area contributed by atoms with Crippen LogP contribution in [-0.4, -0.2) is 20.9 Å². The molecule has 3 aromatic rings. The summed E-state index contributed by atoms with van der Waals surface area (Å²) in [5, 5.41) is 2.26. The summed E-state index contributed by atoms with van der Waals surface area (Å²) in [6, 6.07) is 15.1. The molecule has 0 saturated heterocycles. The molecule has 156 valence electrons. The zero-order chi connectivity index (χ0) is 21.7. The quantitative estimate of drug-likeness (QED) is 0.589. The summed E-state index contributed by atoms with van der Waals surface area (Å²) < 4.78 is 59.1. The third kappa shape index (κ3) is 5.54. The number of rotatable bonds is 7. The van der Waals surface area contributed by atoms with Gasteiger partial charge in [0.2, 0.25) is 0 Å². The molecule has 0 bridgehead atoms. The minimum atomic E-state index is -3.78. The molecule has 30 heavy (non-hydrogen) atoms. The van der Waals surface area contributed by atoms with Gasteiger partial charge in [0.25, 0.3) is 15.9 Å². The van der Waals surface area contributed by atoms with Crippen molar-refractivity contribution in [1.29, 1.82) is 0 Å². The number of carbonyl (C=O) groups excluding carboxylic acids is 1. The van der Waals surface area contributed by atoms with Crippen LogP contribution in [0.2, 0.25) is 0 Å². The fraction of sp³-hybridized carbons (Fsp3) is 0.0952. The topological polar surface area (TPSA) is 84.5 Å². The molecule has 0 spiro atoms. The Kier molecular flexibility index (Phi) is 6.31. The second-order valence-electron chi connectivity index (χ2n) is 6.40. The molecule has 0 fully saturated rings. The van der Waals surface area contributed by atoms with E-state index in [1.807, 2.05) is 6.92 Å². The Labute approximate surface area is 172 Å². The van der Waals surface area contributed by atoms with E-state index in [-0.39, 0.29) is 16.3 Å². The third-order valence-corrected chi connectivity index (χ3v) is 5.41. The van der Waals surface area contributed by atoms with Crippen LogP contribution in [-0.2, 0) is 14.8 Å². The van der Waals surface area contributed by atoms with Gasteiger partial charge in [0.05, 0.1) is 10.6 Å². The van der Waals surface area contributed by atoms with Crippen LogP contribution in [0, 0.1) is 18.6 Å². The molecule has 0 heterocycles. The van der Waals surface area contributed by atoms with Gasteiger partial charge in [-0.3, -0.25) is 9.52 Å². The highest BCUT2D eigenvalue weighted by molar-refractivity contribution is 7.92. The van der Waals surface area contributed by atoms with Crippen LogP contribution < -0.4 is 14.8 Å². The number of sulfonamides is 1. The first kappa shape index (κ1) is 21.3. The molecule has 0 aliphatic rings. The summed E-state index contributed by atoms with van der Waals surface area (Å²) in [7, 11) is -3.78. The van der Waals surface area contributed by atoms with Crippen LogP contribution >= 0.6 is 0 Å². The maximum atomic E-state index is 13.5. The number of hydrogen-bond donors (Lipinski definition) is 2. The summed E-state index contributed by atoms with van der Waals surface area (Å²) in [4.78, 5) is 11.9. The Morgan fingerprint density at radius 3 is 2.27 bits per heavy atom. The first-order chi connectivity index (χ1) is 14.2. The monoisotopic (exact) mass is 432 g/mol. The Morgan fingerprint density at radius 1 is 0.967 bits per heavy atom. The molecular formula is C21H18F2N2O4S. The Morgan fingerprint density at radius 2 is 1.63 bits per heavy atom. The third-order valence-electron chi connectivity index (χ3n) is 4.01. The Hall–Kier alpha value is -3.46. The summed E-state index contributed by atoms with van der Waals surface area (Å²) in [6.45, 7) is 1.46. The lowest BCUT2D eigenvalue weighted by Gasteiger charge is -2.10. The fourth-order valence-electron chi connectivity index (χ4n) is 2.48. The first-order valence-corrected chi connectivity index (χ1v) is 10.3. The SMILES string of the molecule is Cc1ccc(NS(=O)(=O)c2ccc(OCC(=O)Nc3ccc(F)cc3F)cc2)cc1. The number of aryl methyl sites for hydroxylation is 1. The van der Waals surface area contributed by atoms with Crippen LogP contribution in [0.25, 0.3) is 0 Å². The van der Waals surface area contributed by atoms with E-state index < -0.39 is 34.2 Å². The molecule has 1 amide bonds. The lowest BCUT2D eigenvalue weighted by Crippen LogP contribution is -2.21. The number of amides is 1. The smallest absolute Gasteiger partial charge is 0.262 e. The predicted octanol–water partition coefficient (Wildman–Crippen LogP) is 4.09. The van der Waals surface area contributed by atoms with Crippen molar-refractivity contribution in [2.75, 3.05) is 16.6 Å². The van der Waals surface area contributed by atoms with Crippen molar-refractivity contribution in [3.8, 4) is 5.75 Å². The zero-order valence-corrected chi connectivity index (χ0v) is 16.7. The van der Waals surface area contributed by atoms with E-state index in [0.717, 1.165) is 17.7 Å². The highest BCUT2D eigenvalue weighted by Crippen LogP contribution is 2.20. The van der Waals surface area contributed by atoms with E-state index in [2.05, 4.69) is 10.0 Å².